The fourth-order valence-corrected chi connectivity index (χ4v) is 2.77. The molecule has 1 heterocycles. The number of hydrogen-bond donors (Lipinski definition) is 0. The van der Waals surface area contributed by atoms with Crippen molar-refractivity contribution in [2.75, 3.05) is 25.1 Å². The van der Waals surface area contributed by atoms with Crippen molar-refractivity contribution in [2.24, 2.45) is 5.92 Å². The van der Waals surface area contributed by atoms with Gasteiger partial charge in [0.15, 0.2) is 0 Å². The standard InChI is InChI=1S/C16H20N2O3/c1-11-15(19)18(13-4-3-5-14(10-13)21-2)9-8-17(11)16(20)12-6-7-12/h3-5,10-12H,6-9H2,1-2H3/t11-/m1/s1. The number of methoxy groups -OCH3 is 1. The predicted molar refractivity (Wildman–Crippen MR) is 79.2 cm³/mol. The Balaban J connectivity index is 1.77. The monoisotopic (exact) mass is 288 g/mol. The maximum absolute atomic E-state index is 12.6. The Morgan fingerprint density at radius 2 is 2.05 bits per heavy atom. The van der Waals surface area contributed by atoms with Crippen LogP contribution in [0.3, 0.4) is 0 Å². The molecule has 2 fully saturated rings. The summed E-state index contributed by atoms with van der Waals surface area (Å²) in [6.07, 6.45) is 1.94. The zero-order chi connectivity index (χ0) is 15.0. The lowest BCUT2D eigenvalue weighted by atomic mass is 10.1. The van der Waals surface area contributed by atoms with Crippen LogP contribution >= 0.6 is 0 Å². The van der Waals surface area contributed by atoms with Gasteiger partial charge >= 0.3 is 0 Å². The molecule has 0 N–H and O–H groups in total. The van der Waals surface area contributed by atoms with Gasteiger partial charge in [-0.05, 0) is 31.9 Å². The van der Waals surface area contributed by atoms with E-state index in [0.717, 1.165) is 24.3 Å². The molecule has 1 saturated heterocycles. The van der Waals surface area contributed by atoms with Crippen LogP contribution in [0.2, 0.25) is 0 Å². The number of anilines is 1. The van der Waals surface area contributed by atoms with E-state index in [1.165, 1.54) is 0 Å². The van der Waals surface area contributed by atoms with Crippen LogP contribution in [0.15, 0.2) is 24.3 Å². The summed E-state index contributed by atoms with van der Waals surface area (Å²) in [5, 5.41) is 0. The molecule has 0 bridgehead atoms. The summed E-state index contributed by atoms with van der Waals surface area (Å²) in [5.74, 6) is 0.998. The minimum Gasteiger partial charge on any atom is -0.497 e. The Morgan fingerprint density at radius 3 is 2.71 bits per heavy atom. The average molecular weight is 288 g/mol. The molecule has 112 valence electrons. The molecule has 2 aliphatic rings. The second kappa shape index (κ2) is 5.39. The lowest BCUT2D eigenvalue weighted by Gasteiger charge is -2.39. The molecule has 1 aliphatic heterocycles. The highest BCUT2D eigenvalue weighted by Crippen LogP contribution is 2.33. The van der Waals surface area contributed by atoms with Crippen molar-refractivity contribution < 1.29 is 14.3 Å². The summed E-state index contributed by atoms with van der Waals surface area (Å²) in [5.41, 5.74) is 0.824. The smallest absolute Gasteiger partial charge is 0.249 e. The molecule has 1 aliphatic carbocycles. The molecule has 0 aromatic heterocycles. The number of ether oxygens (including phenoxy) is 1. The maximum atomic E-state index is 12.6. The van der Waals surface area contributed by atoms with E-state index in [1.807, 2.05) is 31.2 Å². The lowest BCUT2D eigenvalue weighted by Crippen LogP contribution is -2.58. The molecule has 1 aromatic carbocycles. The van der Waals surface area contributed by atoms with Gasteiger partial charge < -0.3 is 14.5 Å². The van der Waals surface area contributed by atoms with Crippen molar-refractivity contribution in [1.29, 1.82) is 0 Å². The largest absolute Gasteiger partial charge is 0.497 e. The van der Waals surface area contributed by atoms with Crippen molar-refractivity contribution in [3.63, 3.8) is 0 Å². The average Bonchev–Trinajstić information content (AvgIpc) is 3.34. The number of carbonyl (C=O) groups is 2. The van der Waals surface area contributed by atoms with E-state index in [2.05, 4.69) is 0 Å². The Hall–Kier alpha value is -2.04. The van der Waals surface area contributed by atoms with E-state index in [-0.39, 0.29) is 17.7 Å². The molecular weight excluding hydrogens is 268 g/mol. The maximum Gasteiger partial charge on any atom is 0.249 e. The Labute approximate surface area is 124 Å². The predicted octanol–water partition coefficient (Wildman–Crippen LogP) is 1.67. The van der Waals surface area contributed by atoms with Crippen molar-refractivity contribution in [2.45, 2.75) is 25.8 Å². The summed E-state index contributed by atoms with van der Waals surface area (Å²) >= 11 is 0. The van der Waals surface area contributed by atoms with Crippen LogP contribution in [0.4, 0.5) is 5.69 Å². The highest BCUT2D eigenvalue weighted by Gasteiger charge is 2.40. The SMILES string of the molecule is COc1cccc(N2CCN(C(=O)C3CC3)[C@H](C)C2=O)c1. The summed E-state index contributed by atoms with van der Waals surface area (Å²) < 4.78 is 5.20. The number of nitrogens with zero attached hydrogens (tertiary/aromatic N) is 2. The zero-order valence-electron chi connectivity index (χ0n) is 12.4. The van der Waals surface area contributed by atoms with Gasteiger partial charge in [-0.1, -0.05) is 6.07 Å². The summed E-state index contributed by atoms with van der Waals surface area (Å²) in [4.78, 5) is 28.2. The van der Waals surface area contributed by atoms with Crippen LogP contribution in [0.1, 0.15) is 19.8 Å². The molecule has 0 radical (unpaired) electrons. The summed E-state index contributed by atoms with van der Waals surface area (Å²) in [7, 11) is 1.61. The zero-order valence-corrected chi connectivity index (χ0v) is 12.4. The van der Waals surface area contributed by atoms with E-state index in [9.17, 15) is 9.59 Å². The number of hydrogen-bond acceptors (Lipinski definition) is 3. The number of benzene rings is 1. The number of amides is 2. The minimum absolute atomic E-state index is 0.0245. The first-order valence-electron chi connectivity index (χ1n) is 7.37. The van der Waals surface area contributed by atoms with Crippen molar-refractivity contribution >= 4 is 17.5 Å². The van der Waals surface area contributed by atoms with Gasteiger partial charge in [0.05, 0.1) is 7.11 Å². The van der Waals surface area contributed by atoms with Gasteiger partial charge in [0.25, 0.3) is 0 Å². The van der Waals surface area contributed by atoms with Crippen LogP contribution in [0.25, 0.3) is 0 Å². The van der Waals surface area contributed by atoms with Gasteiger partial charge in [0.1, 0.15) is 11.8 Å². The van der Waals surface area contributed by atoms with Crippen LogP contribution in [-0.2, 0) is 9.59 Å². The van der Waals surface area contributed by atoms with E-state index in [0.29, 0.717) is 13.1 Å². The fourth-order valence-electron chi connectivity index (χ4n) is 2.77. The van der Waals surface area contributed by atoms with Gasteiger partial charge in [-0.2, -0.15) is 0 Å². The topological polar surface area (TPSA) is 49.9 Å². The molecule has 5 heteroatoms. The quantitative estimate of drug-likeness (QED) is 0.850. The molecular formula is C16H20N2O3. The molecule has 21 heavy (non-hydrogen) atoms. The molecule has 0 spiro atoms. The molecule has 0 unspecified atom stereocenters. The molecule has 1 aromatic rings. The number of piperazine rings is 1. The highest BCUT2D eigenvalue weighted by molar-refractivity contribution is 6.00. The third-order valence-electron chi connectivity index (χ3n) is 4.23. The minimum atomic E-state index is -0.391. The summed E-state index contributed by atoms with van der Waals surface area (Å²) in [6, 6.07) is 7.07. The van der Waals surface area contributed by atoms with E-state index in [4.69, 9.17) is 4.74 Å². The lowest BCUT2D eigenvalue weighted by molar-refractivity contribution is -0.141. The van der Waals surface area contributed by atoms with Gasteiger partial charge in [0.2, 0.25) is 11.8 Å². The van der Waals surface area contributed by atoms with Gasteiger partial charge in [-0.25, -0.2) is 0 Å². The molecule has 2 amide bonds. The Morgan fingerprint density at radius 1 is 1.29 bits per heavy atom. The molecule has 5 nitrogen and oxygen atoms in total. The van der Waals surface area contributed by atoms with Crippen molar-refractivity contribution in [3.05, 3.63) is 24.3 Å². The van der Waals surface area contributed by atoms with E-state index >= 15 is 0 Å². The van der Waals surface area contributed by atoms with Crippen LogP contribution < -0.4 is 9.64 Å². The van der Waals surface area contributed by atoms with Gasteiger partial charge in [-0.15, -0.1) is 0 Å². The van der Waals surface area contributed by atoms with Gasteiger partial charge in [0, 0.05) is 30.8 Å². The summed E-state index contributed by atoms with van der Waals surface area (Å²) in [6.45, 7) is 2.95. The van der Waals surface area contributed by atoms with Crippen molar-refractivity contribution in [1.82, 2.24) is 4.90 Å². The third kappa shape index (κ3) is 2.60. The first kappa shape index (κ1) is 13.9. The van der Waals surface area contributed by atoms with E-state index < -0.39 is 6.04 Å². The molecule has 3 rings (SSSR count). The molecule has 1 saturated carbocycles. The van der Waals surface area contributed by atoms with Crippen LogP contribution in [0, 0.1) is 5.92 Å². The Kier molecular flexibility index (Phi) is 3.57. The molecule has 1 atom stereocenters. The third-order valence-corrected chi connectivity index (χ3v) is 4.23. The van der Waals surface area contributed by atoms with Crippen molar-refractivity contribution in [3.8, 4) is 5.75 Å². The normalized spacial score (nSPS) is 22.4. The fraction of sp³-hybridized carbons (Fsp3) is 0.500. The van der Waals surface area contributed by atoms with Crippen LogP contribution in [-0.4, -0.2) is 43.0 Å². The Bertz CT molecular complexity index is 568. The first-order chi connectivity index (χ1) is 10.1. The second-order valence-electron chi connectivity index (χ2n) is 5.67. The number of rotatable bonds is 3. The van der Waals surface area contributed by atoms with E-state index in [1.54, 1.807) is 16.9 Å². The number of carbonyl (C=O) groups excluding carboxylic acids is 2. The first-order valence-corrected chi connectivity index (χ1v) is 7.37. The highest BCUT2D eigenvalue weighted by atomic mass is 16.5. The second-order valence-corrected chi connectivity index (χ2v) is 5.67. The van der Waals surface area contributed by atoms with Crippen LogP contribution in [0.5, 0.6) is 5.75 Å². The van der Waals surface area contributed by atoms with Gasteiger partial charge in [-0.3, -0.25) is 9.59 Å².